The minimum atomic E-state index is -0.478. The maximum atomic E-state index is 15.3. The number of thioether (sulfide) groups is 1. The van der Waals surface area contributed by atoms with Gasteiger partial charge in [-0.2, -0.15) is 5.10 Å². The van der Waals surface area contributed by atoms with Gasteiger partial charge in [0.05, 0.1) is 22.4 Å². The van der Waals surface area contributed by atoms with Crippen molar-refractivity contribution in [3.63, 3.8) is 0 Å². The van der Waals surface area contributed by atoms with Crippen molar-refractivity contribution < 1.29 is 18.7 Å². The number of hydrogen-bond donors (Lipinski definition) is 1. The van der Waals surface area contributed by atoms with E-state index in [0.29, 0.717) is 31.0 Å². The number of hydrogen-bond acceptors (Lipinski definition) is 5. The van der Waals surface area contributed by atoms with Crippen LogP contribution in [0.15, 0.2) is 42.5 Å². The van der Waals surface area contributed by atoms with E-state index in [1.807, 2.05) is 32.0 Å². The molecule has 1 N–H and O–H groups in total. The first-order valence-corrected chi connectivity index (χ1v) is 14.2. The summed E-state index contributed by atoms with van der Waals surface area (Å²) in [7, 11) is 1.62. The number of carbonyl (C=O) groups excluding carboxylic acids is 2. The van der Waals surface area contributed by atoms with Crippen molar-refractivity contribution in [3.05, 3.63) is 76.2 Å². The molecule has 1 aromatic heterocycles. The highest BCUT2D eigenvalue weighted by Gasteiger charge is 2.40. The fourth-order valence-corrected chi connectivity index (χ4v) is 6.08. The summed E-state index contributed by atoms with van der Waals surface area (Å²) in [4.78, 5) is 28.3. The average Bonchev–Trinajstić information content (AvgIpc) is 3.20. The summed E-state index contributed by atoms with van der Waals surface area (Å²) in [6.07, 6.45) is 0.668. The third-order valence-corrected chi connectivity index (χ3v) is 7.95. The molecule has 0 bridgehead atoms. The number of aryl methyl sites for hydroxylation is 2. The highest BCUT2D eigenvalue weighted by molar-refractivity contribution is 8.00. The molecule has 9 heteroatoms. The first kappa shape index (κ1) is 28.8. The van der Waals surface area contributed by atoms with Crippen LogP contribution in [0.25, 0.3) is 5.69 Å². The number of methoxy groups -OCH3 is 1. The van der Waals surface area contributed by atoms with E-state index < -0.39 is 10.7 Å². The monoisotopic (exact) mass is 552 g/mol. The summed E-state index contributed by atoms with van der Waals surface area (Å²) in [5, 5.41) is 7.50. The van der Waals surface area contributed by atoms with Crippen molar-refractivity contribution in [1.29, 1.82) is 0 Å². The predicted molar refractivity (Wildman–Crippen MR) is 154 cm³/mol. The zero-order valence-corrected chi connectivity index (χ0v) is 24.3. The van der Waals surface area contributed by atoms with E-state index in [1.165, 1.54) is 22.7 Å². The lowest BCUT2D eigenvalue weighted by Crippen LogP contribution is -2.42. The van der Waals surface area contributed by atoms with Gasteiger partial charge in [-0.3, -0.25) is 14.5 Å². The van der Waals surface area contributed by atoms with Gasteiger partial charge in [0, 0.05) is 36.8 Å². The molecule has 7 nitrogen and oxygen atoms in total. The molecule has 0 radical (unpaired) electrons. The molecule has 0 unspecified atom stereocenters. The smallest absolute Gasteiger partial charge is 0.240 e. The largest absolute Gasteiger partial charge is 0.385 e. The Morgan fingerprint density at radius 2 is 1.95 bits per heavy atom. The highest BCUT2D eigenvalue weighted by Crippen LogP contribution is 2.49. The Kier molecular flexibility index (Phi) is 8.81. The minimum absolute atomic E-state index is 0.0983. The van der Waals surface area contributed by atoms with Gasteiger partial charge in [-0.05, 0) is 38.0 Å². The third kappa shape index (κ3) is 6.20. The molecule has 4 rings (SSSR count). The standard InChI is InChI=1S/C30H37FN4O3S/c1-19-12-13-23(20(2)16-19)35-29-26(28(33-35)30(3,4)5)27(21-10-7-8-11-22(21)31)39-18-25(37)34(29)17-24(36)32-14-9-15-38-6/h7-8,10-13,16,27H,9,14-15,17-18H2,1-6H3,(H,32,36)/t27-/m1/s1. The Bertz CT molecular complexity index is 1360. The van der Waals surface area contributed by atoms with Crippen molar-refractivity contribution in [2.24, 2.45) is 0 Å². The second-order valence-electron chi connectivity index (χ2n) is 10.9. The Labute approximate surface area is 234 Å². The maximum Gasteiger partial charge on any atom is 0.240 e. The fraction of sp³-hybridized carbons (Fsp3) is 0.433. The molecule has 3 aromatic rings. The number of nitrogens with one attached hydrogen (secondary N) is 1. The number of anilines is 1. The molecular weight excluding hydrogens is 515 g/mol. The maximum absolute atomic E-state index is 15.3. The highest BCUT2D eigenvalue weighted by atomic mass is 32.2. The van der Waals surface area contributed by atoms with Crippen molar-refractivity contribution in [1.82, 2.24) is 15.1 Å². The number of fused-ring (bicyclic) bond motifs is 1. The molecule has 1 aliphatic heterocycles. The van der Waals surface area contributed by atoms with Gasteiger partial charge in [0.2, 0.25) is 11.8 Å². The second-order valence-corrected chi connectivity index (χ2v) is 12.0. The normalized spacial score (nSPS) is 15.7. The molecule has 2 amide bonds. The molecule has 39 heavy (non-hydrogen) atoms. The fourth-order valence-electron chi connectivity index (χ4n) is 4.86. The quantitative estimate of drug-likeness (QED) is 0.387. The van der Waals surface area contributed by atoms with E-state index in [2.05, 4.69) is 32.2 Å². The van der Waals surface area contributed by atoms with Crippen molar-refractivity contribution in [2.45, 2.75) is 51.7 Å². The summed E-state index contributed by atoms with van der Waals surface area (Å²) < 4.78 is 22.1. The van der Waals surface area contributed by atoms with E-state index >= 15 is 4.39 Å². The van der Waals surface area contributed by atoms with Gasteiger partial charge in [-0.25, -0.2) is 9.07 Å². The first-order chi connectivity index (χ1) is 18.5. The summed E-state index contributed by atoms with van der Waals surface area (Å²) in [5.74, 6) is -0.218. The van der Waals surface area contributed by atoms with Gasteiger partial charge in [-0.15, -0.1) is 11.8 Å². The van der Waals surface area contributed by atoms with E-state index in [-0.39, 0.29) is 29.9 Å². The third-order valence-electron chi connectivity index (χ3n) is 6.72. The number of amides is 2. The van der Waals surface area contributed by atoms with Crippen LogP contribution in [-0.4, -0.2) is 54.2 Å². The van der Waals surface area contributed by atoms with Crippen LogP contribution in [0.1, 0.15) is 60.4 Å². The van der Waals surface area contributed by atoms with E-state index in [1.54, 1.807) is 23.9 Å². The summed E-state index contributed by atoms with van der Waals surface area (Å²) in [6, 6.07) is 12.7. The van der Waals surface area contributed by atoms with Crippen LogP contribution in [-0.2, 0) is 19.7 Å². The second kappa shape index (κ2) is 11.9. The average molecular weight is 553 g/mol. The topological polar surface area (TPSA) is 76.5 Å². The Balaban J connectivity index is 1.95. The molecule has 0 aliphatic carbocycles. The van der Waals surface area contributed by atoms with Crippen LogP contribution < -0.4 is 10.2 Å². The van der Waals surface area contributed by atoms with Gasteiger partial charge in [0.25, 0.3) is 0 Å². The predicted octanol–water partition coefficient (Wildman–Crippen LogP) is 5.25. The molecule has 1 aliphatic rings. The first-order valence-electron chi connectivity index (χ1n) is 13.2. The Morgan fingerprint density at radius 3 is 2.62 bits per heavy atom. The van der Waals surface area contributed by atoms with Gasteiger partial charge in [0.1, 0.15) is 18.2 Å². The number of rotatable bonds is 8. The molecular formula is C30H37FN4O3S. The lowest BCUT2D eigenvalue weighted by Gasteiger charge is -2.25. The number of halogens is 1. The van der Waals surface area contributed by atoms with Crippen LogP contribution in [0.3, 0.4) is 0 Å². The minimum Gasteiger partial charge on any atom is -0.385 e. The summed E-state index contributed by atoms with van der Waals surface area (Å²) >= 11 is 1.37. The van der Waals surface area contributed by atoms with Crippen LogP contribution in [0.2, 0.25) is 0 Å². The Hall–Kier alpha value is -3.17. The molecule has 208 valence electrons. The van der Waals surface area contributed by atoms with E-state index in [4.69, 9.17) is 9.84 Å². The SMILES string of the molecule is COCCCNC(=O)CN1C(=O)CS[C@H](c2ccccc2F)c2c(C(C)(C)C)nn(-c3ccc(C)cc3C)c21. The number of nitrogens with zero attached hydrogens (tertiary/aromatic N) is 3. The van der Waals surface area contributed by atoms with Crippen molar-refractivity contribution in [2.75, 3.05) is 37.5 Å². The number of benzene rings is 2. The van der Waals surface area contributed by atoms with Crippen LogP contribution in [0, 0.1) is 19.7 Å². The molecule has 1 atom stereocenters. The van der Waals surface area contributed by atoms with Crippen LogP contribution in [0.5, 0.6) is 0 Å². The van der Waals surface area contributed by atoms with Crippen molar-refractivity contribution in [3.8, 4) is 5.69 Å². The summed E-state index contributed by atoms with van der Waals surface area (Å²) in [5.41, 5.74) is 4.50. The summed E-state index contributed by atoms with van der Waals surface area (Å²) in [6.45, 7) is 11.0. The number of ether oxygens (including phenoxy) is 1. The zero-order chi connectivity index (χ0) is 28.3. The van der Waals surface area contributed by atoms with E-state index in [0.717, 1.165) is 28.1 Å². The zero-order valence-electron chi connectivity index (χ0n) is 23.5. The molecule has 0 fully saturated rings. The molecule has 0 saturated carbocycles. The van der Waals surface area contributed by atoms with Gasteiger partial charge < -0.3 is 10.1 Å². The van der Waals surface area contributed by atoms with Crippen molar-refractivity contribution >= 4 is 29.4 Å². The molecule has 2 aromatic carbocycles. The molecule has 2 heterocycles. The number of carbonyl (C=O) groups is 2. The van der Waals surface area contributed by atoms with Gasteiger partial charge >= 0.3 is 0 Å². The molecule has 0 saturated heterocycles. The van der Waals surface area contributed by atoms with Gasteiger partial charge in [-0.1, -0.05) is 56.7 Å². The van der Waals surface area contributed by atoms with E-state index in [9.17, 15) is 9.59 Å². The van der Waals surface area contributed by atoms with Gasteiger partial charge in [0.15, 0.2) is 0 Å². The number of aromatic nitrogens is 2. The van der Waals surface area contributed by atoms with Crippen LogP contribution in [0.4, 0.5) is 10.2 Å². The lowest BCUT2D eigenvalue weighted by molar-refractivity contribution is -0.122. The Morgan fingerprint density at radius 1 is 1.21 bits per heavy atom. The van der Waals surface area contributed by atoms with Crippen LogP contribution >= 0.6 is 11.8 Å². The molecule has 0 spiro atoms. The lowest BCUT2D eigenvalue weighted by atomic mass is 9.87.